The summed E-state index contributed by atoms with van der Waals surface area (Å²) in [5.74, 6) is 0.963. The average molecular weight is 348 g/mol. The first-order valence-electron chi connectivity index (χ1n) is 7.29. The SMILES string of the molecule is CCCNc1cc(CN(C)Cc2cccc(Br)c2)ccn1. The number of benzene rings is 1. The minimum absolute atomic E-state index is 0.913. The maximum absolute atomic E-state index is 4.34. The molecule has 1 aromatic carbocycles. The van der Waals surface area contributed by atoms with Gasteiger partial charge >= 0.3 is 0 Å². The van der Waals surface area contributed by atoms with Crippen LogP contribution in [-0.4, -0.2) is 23.5 Å². The molecule has 0 saturated heterocycles. The number of hydrogen-bond donors (Lipinski definition) is 1. The Morgan fingerprint density at radius 2 is 1.90 bits per heavy atom. The van der Waals surface area contributed by atoms with Gasteiger partial charge < -0.3 is 5.32 Å². The van der Waals surface area contributed by atoms with Gasteiger partial charge in [-0.25, -0.2) is 4.98 Å². The molecular formula is C17H22BrN3. The molecule has 2 aromatic rings. The number of halogens is 1. The minimum Gasteiger partial charge on any atom is -0.370 e. The fraction of sp³-hybridized carbons (Fsp3) is 0.353. The van der Waals surface area contributed by atoms with E-state index in [1.165, 1.54) is 11.1 Å². The number of anilines is 1. The third kappa shape index (κ3) is 5.48. The zero-order valence-corrected chi connectivity index (χ0v) is 14.2. The van der Waals surface area contributed by atoms with Crippen LogP contribution in [0.5, 0.6) is 0 Å². The molecule has 2 rings (SSSR count). The monoisotopic (exact) mass is 347 g/mol. The van der Waals surface area contributed by atoms with E-state index in [0.29, 0.717) is 0 Å². The molecule has 112 valence electrons. The molecule has 0 unspecified atom stereocenters. The van der Waals surface area contributed by atoms with E-state index >= 15 is 0 Å². The molecule has 3 nitrogen and oxygen atoms in total. The molecule has 0 bridgehead atoms. The Kier molecular flexibility index (Phi) is 6.21. The fourth-order valence-corrected chi connectivity index (χ4v) is 2.68. The molecule has 0 spiro atoms. The van der Waals surface area contributed by atoms with E-state index in [1.54, 1.807) is 0 Å². The highest BCUT2D eigenvalue weighted by atomic mass is 79.9. The maximum Gasteiger partial charge on any atom is 0.126 e. The first-order chi connectivity index (χ1) is 10.2. The maximum atomic E-state index is 4.34. The number of nitrogens with zero attached hydrogens (tertiary/aromatic N) is 2. The molecule has 0 amide bonds. The Bertz CT molecular complexity index is 571. The van der Waals surface area contributed by atoms with Crippen LogP contribution in [0.4, 0.5) is 5.82 Å². The minimum atomic E-state index is 0.913. The highest BCUT2D eigenvalue weighted by Gasteiger charge is 2.04. The topological polar surface area (TPSA) is 28.2 Å². The van der Waals surface area contributed by atoms with Crippen molar-refractivity contribution in [1.82, 2.24) is 9.88 Å². The zero-order valence-electron chi connectivity index (χ0n) is 12.6. The first-order valence-corrected chi connectivity index (χ1v) is 8.08. The van der Waals surface area contributed by atoms with Crippen LogP contribution in [-0.2, 0) is 13.1 Å². The summed E-state index contributed by atoms with van der Waals surface area (Å²) in [4.78, 5) is 6.65. The highest BCUT2D eigenvalue weighted by molar-refractivity contribution is 9.10. The van der Waals surface area contributed by atoms with Crippen LogP contribution >= 0.6 is 15.9 Å². The van der Waals surface area contributed by atoms with Gasteiger partial charge in [-0.2, -0.15) is 0 Å². The van der Waals surface area contributed by atoms with Crippen molar-refractivity contribution < 1.29 is 0 Å². The summed E-state index contributed by atoms with van der Waals surface area (Å²) in [7, 11) is 2.14. The van der Waals surface area contributed by atoms with Gasteiger partial charge in [-0.05, 0) is 48.9 Å². The van der Waals surface area contributed by atoms with Crippen molar-refractivity contribution in [2.45, 2.75) is 26.4 Å². The number of nitrogens with one attached hydrogen (secondary N) is 1. The average Bonchev–Trinajstić information content (AvgIpc) is 2.45. The van der Waals surface area contributed by atoms with Crippen molar-refractivity contribution >= 4 is 21.7 Å². The summed E-state index contributed by atoms with van der Waals surface area (Å²) in [5, 5.41) is 3.33. The van der Waals surface area contributed by atoms with Gasteiger partial charge in [0.05, 0.1) is 0 Å². The lowest BCUT2D eigenvalue weighted by Crippen LogP contribution is -2.17. The van der Waals surface area contributed by atoms with E-state index in [2.05, 4.69) is 81.5 Å². The van der Waals surface area contributed by atoms with E-state index in [4.69, 9.17) is 0 Å². The van der Waals surface area contributed by atoms with Crippen LogP contribution in [0.15, 0.2) is 47.1 Å². The molecule has 0 aliphatic carbocycles. The molecule has 0 saturated carbocycles. The van der Waals surface area contributed by atoms with Crippen LogP contribution < -0.4 is 5.32 Å². The Hall–Kier alpha value is -1.39. The lowest BCUT2D eigenvalue weighted by atomic mass is 10.2. The number of aromatic nitrogens is 1. The predicted molar refractivity (Wildman–Crippen MR) is 92.3 cm³/mol. The van der Waals surface area contributed by atoms with E-state index in [9.17, 15) is 0 Å². The molecular weight excluding hydrogens is 326 g/mol. The summed E-state index contributed by atoms with van der Waals surface area (Å²) >= 11 is 3.52. The Labute approximate surface area is 135 Å². The number of rotatable bonds is 7. The van der Waals surface area contributed by atoms with Gasteiger partial charge in [-0.15, -0.1) is 0 Å². The summed E-state index contributed by atoms with van der Waals surface area (Å²) in [6, 6.07) is 12.7. The Morgan fingerprint density at radius 3 is 2.62 bits per heavy atom. The number of pyridine rings is 1. The van der Waals surface area contributed by atoms with Gasteiger partial charge in [0.1, 0.15) is 5.82 Å². The molecule has 0 fully saturated rings. The normalized spacial score (nSPS) is 10.9. The first kappa shape index (κ1) is 16.0. The predicted octanol–water partition coefficient (Wildman–Crippen LogP) is 4.30. The Morgan fingerprint density at radius 1 is 1.14 bits per heavy atom. The van der Waals surface area contributed by atoms with E-state index in [0.717, 1.165) is 36.3 Å². The van der Waals surface area contributed by atoms with E-state index in [1.807, 2.05) is 6.20 Å². The second-order valence-corrected chi connectivity index (χ2v) is 6.19. The molecule has 1 N–H and O–H groups in total. The molecule has 1 heterocycles. The fourth-order valence-electron chi connectivity index (χ4n) is 2.24. The molecule has 0 aliphatic rings. The van der Waals surface area contributed by atoms with Crippen molar-refractivity contribution in [2.24, 2.45) is 0 Å². The van der Waals surface area contributed by atoms with Gasteiger partial charge in [0.2, 0.25) is 0 Å². The summed E-state index contributed by atoms with van der Waals surface area (Å²) in [6.07, 6.45) is 2.98. The lowest BCUT2D eigenvalue weighted by molar-refractivity contribution is 0.319. The van der Waals surface area contributed by atoms with Gasteiger partial charge in [0, 0.05) is 30.3 Å². The van der Waals surface area contributed by atoms with Gasteiger partial charge in [0.15, 0.2) is 0 Å². The van der Waals surface area contributed by atoms with Crippen LogP contribution in [0, 0.1) is 0 Å². The number of hydrogen-bond acceptors (Lipinski definition) is 3. The second-order valence-electron chi connectivity index (χ2n) is 5.28. The van der Waals surface area contributed by atoms with Crippen molar-refractivity contribution in [3.05, 3.63) is 58.2 Å². The second kappa shape index (κ2) is 8.15. The smallest absolute Gasteiger partial charge is 0.126 e. The van der Waals surface area contributed by atoms with Crippen molar-refractivity contribution in [2.75, 3.05) is 18.9 Å². The molecule has 1 aromatic heterocycles. The van der Waals surface area contributed by atoms with Crippen LogP contribution in [0.3, 0.4) is 0 Å². The molecule has 0 atom stereocenters. The van der Waals surface area contributed by atoms with Crippen LogP contribution in [0.1, 0.15) is 24.5 Å². The van der Waals surface area contributed by atoms with E-state index in [-0.39, 0.29) is 0 Å². The molecule has 0 aliphatic heterocycles. The summed E-state index contributed by atoms with van der Waals surface area (Å²) in [6.45, 7) is 4.96. The summed E-state index contributed by atoms with van der Waals surface area (Å²) in [5.41, 5.74) is 2.59. The third-order valence-corrected chi connectivity index (χ3v) is 3.67. The standard InChI is InChI=1S/C17H22BrN3/c1-3-8-19-17-11-15(7-9-20-17)13-21(2)12-14-5-4-6-16(18)10-14/h4-7,9-11H,3,8,12-13H2,1-2H3,(H,19,20). The van der Waals surface area contributed by atoms with E-state index < -0.39 is 0 Å². The molecule has 21 heavy (non-hydrogen) atoms. The van der Waals surface area contributed by atoms with Crippen molar-refractivity contribution in [3.63, 3.8) is 0 Å². The van der Waals surface area contributed by atoms with Gasteiger partial charge in [-0.1, -0.05) is 35.0 Å². The zero-order chi connectivity index (χ0) is 15.1. The Balaban J connectivity index is 1.94. The van der Waals surface area contributed by atoms with Gasteiger partial charge in [0.25, 0.3) is 0 Å². The van der Waals surface area contributed by atoms with Gasteiger partial charge in [-0.3, -0.25) is 4.90 Å². The van der Waals surface area contributed by atoms with Crippen molar-refractivity contribution in [1.29, 1.82) is 0 Å². The molecule has 4 heteroatoms. The largest absolute Gasteiger partial charge is 0.370 e. The van der Waals surface area contributed by atoms with Crippen LogP contribution in [0.2, 0.25) is 0 Å². The van der Waals surface area contributed by atoms with Crippen molar-refractivity contribution in [3.8, 4) is 0 Å². The lowest BCUT2D eigenvalue weighted by Gasteiger charge is -2.17. The highest BCUT2D eigenvalue weighted by Crippen LogP contribution is 2.15. The summed E-state index contributed by atoms with van der Waals surface area (Å²) < 4.78 is 1.13. The molecule has 0 radical (unpaired) electrons. The van der Waals surface area contributed by atoms with Crippen LogP contribution in [0.25, 0.3) is 0 Å². The third-order valence-electron chi connectivity index (χ3n) is 3.17. The quantitative estimate of drug-likeness (QED) is 0.809.